The molecule has 4 nitrogen and oxygen atoms in total. The maximum atomic E-state index is 13.2. The van der Waals surface area contributed by atoms with E-state index in [0.29, 0.717) is 5.69 Å². The lowest BCUT2D eigenvalue weighted by molar-refractivity contribution is -0.386. The number of hydrogen-bond donors (Lipinski definition) is 0. The van der Waals surface area contributed by atoms with Crippen molar-refractivity contribution in [2.75, 3.05) is 18.0 Å². The van der Waals surface area contributed by atoms with Gasteiger partial charge in [0.25, 0.3) is 0 Å². The van der Waals surface area contributed by atoms with Crippen LogP contribution in [0.5, 0.6) is 0 Å². The second kappa shape index (κ2) is 3.25. The molecule has 0 atom stereocenters. The van der Waals surface area contributed by atoms with Gasteiger partial charge < -0.3 is 4.90 Å². The number of anilines is 1. The van der Waals surface area contributed by atoms with E-state index in [1.165, 1.54) is 6.07 Å². The molecule has 0 N–H and O–H groups in total. The molecule has 5 heteroatoms. The van der Waals surface area contributed by atoms with E-state index in [1.54, 1.807) is 11.0 Å². The Balaban J connectivity index is 2.46. The van der Waals surface area contributed by atoms with Crippen LogP contribution in [0.25, 0.3) is 0 Å². The average molecular weight is 196 g/mol. The molecule has 0 spiro atoms. The third-order valence-corrected chi connectivity index (χ3v) is 2.34. The Morgan fingerprint density at radius 2 is 2.14 bits per heavy atom. The van der Waals surface area contributed by atoms with Crippen LogP contribution >= 0.6 is 0 Å². The van der Waals surface area contributed by atoms with Crippen LogP contribution in [0.1, 0.15) is 6.42 Å². The molecule has 0 aromatic heterocycles. The van der Waals surface area contributed by atoms with Crippen LogP contribution in [-0.4, -0.2) is 18.0 Å². The van der Waals surface area contributed by atoms with Crippen LogP contribution in [0.4, 0.5) is 15.8 Å². The molecule has 1 aliphatic heterocycles. The van der Waals surface area contributed by atoms with Crippen LogP contribution in [0.2, 0.25) is 0 Å². The zero-order valence-electron chi connectivity index (χ0n) is 7.44. The molecule has 1 saturated heterocycles. The first-order chi connectivity index (χ1) is 6.70. The van der Waals surface area contributed by atoms with E-state index < -0.39 is 16.4 Å². The Kier molecular flexibility index (Phi) is 2.07. The summed E-state index contributed by atoms with van der Waals surface area (Å²) in [6, 6.07) is 4.19. The van der Waals surface area contributed by atoms with E-state index in [0.717, 1.165) is 25.6 Å². The lowest BCUT2D eigenvalue weighted by atomic mass is 10.1. The smallest absolute Gasteiger partial charge is 0.327 e. The Hall–Kier alpha value is -1.65. The molecule has 1 heterocycles. The highest BCUT2D eigenvalue weighted by Crippen LogP contribution is 2.32. The second-order valence-corrected chi connectivity index (χ2v) is 3.21. The number of hydrogen-bond acceptors (Lipinski definition) is 3. The van der Waals surface area contributed by atoms with Crippen molar-refractivity contribution in [3.63, 3.8) is 0 Å². The third kappa shape index (κ3) is 1.30. The summed E-state index contributed by atoms with van der Waals surface area (Å²) >= 11 is 0. The molecule has 1 fully saturated rings. The normalized spacial score (nSPS) is 15.1. The average Bonchev–Trinajstić information content (AvgIpc) is 1.99. The van der Waals surface area contributed by atoms with E-state index in [4.69, 9.17) is 0 Å². The number of benzene rings is 1. The van der Waals surface area contributed by atoms with E-state index in [1.807, 2.05) is 0 Å². The van der Waals surface area contributed by atoms with Crippen molar-refractivity contribution in [3.8, 4) is 0 Å². The van der Waals surface area contributed by atoms with Gasteiger partial charge in [-0.1, -0.05) is 6.07 Å². The Morgan fingerprint density at radius 3 is 2.64 bits per heavy atom. The third-order valence-electron chi connectivity index (χ3n) is 2.34. The van der Waals surface area contributed by atoms with Gasteiger partial charge >= 0.3 is 5.69 Å². The first-order valence-electron chi connectivity index (χ1n) is 4.38. The van der Waals surface area contributed by atoms with Crippen molar-refractivity contribution >= 4 is 11.4 Å². The van der Waals surface area contributed by atoms with Crippen LogP contribution in [0.15, 0.2) is 18.2 Å². The van der Waals surface area contributed by atoms with Gasteiger partial charge in [-0.25, -0.2) is 0 Å². The first-order valence-corrected chi connectivity index (χ1v) is 4.38. The summed E-state index contributed by atoms with van der Waals surface area (Å²) in [5, 5.41) is 10.6. The molecular formula is C9H9FN2O2. The zero-order chi connectivity index (χ0) is 10.1. The first kappa shape index (κ1) is 8.93. The number of para-hydroxylation sites is 1. The predicted molar refractivity (Wildman–Crippen MR) is 49.9 cm³/mol. The number of nitro groups is 1. The maximum Gasteiger partial charge on any atom is 0.327 e. The van der Waals surface area contributed by atoms with Crippen molar-refractivity contribution in [2.24, 2.45) is 0 Å². The minimum atomic E-state index is -0.764. The van der Waals surface area contributed by atoms with Crippen LogP contribution in [-0.2, 0) is 0 Å². The second-order valence-electron chi connectivity index (χ2n) is 3.21. The topological polar surface area (TPSA) is 46.4 Å². The lowest BCUT2D eigenvalue weighted by Crippen LogP contribution is -2.37. The largest absolute Gasteiger partial charge is 0.366 e. The van der Waals surface area contributed by atoms with Gasteiger partial charge in [0.05, 0.1) is 4.92 Å². The molecule has 1 aliphatic rings. The molecular weight excluding hydrogens is 187 g/mol. The SMILES string of the molecule is O=[N+]([O-])c1c(F)cccc1N1CCC1. The number of nitro benzene ring substituents is 1. The summed E-state index contributed by atoms with van der Waals surface area (Å²) in [4.78, 5) is 11.8. The molecule has 0 bridgehead atoms. The Labute approximate surface area is 80.1 Å². The Bertz CT molecular complexity index is 377. The van der Waals surface area contributed by atoms with Crippen molar-refractivity contribution in [1.29, 1.82) is 0 Å². The van der Waals surface area contributed by atoms with Crippen molar-refractivity contribution in [2.45, 2.75) is 6.42 Å². The molecule has 0 radical (unpaired) electrons. The molecule has 0 unspecified atom stereocenters. The molecule has 2 rings (SSSR count). The number of halogens is 1. The van der Waals surface area contributed by atoms with E-state index in [2.05, 4.69) is 0 Å². The highest BCUT2D eigenvalue weighted by atomic mass is 19.1. The maximum absolute atomic E-state index is 13.2. The van der Waals surface area contributed by atoms with E-state index >= 15 is 0 Å². The minimum absolute atomic E-state index is 0.390. The van der Waals surface area contributed by atoms with Gasteiger partial charge in [0.1, 0.15) is 5.69 Å². The number of rotatable bonds is 2. The summed E-state index contributed by atoms with van der Waals surface area (Å²) < 4.78 is 13.2. The minimum Gasteiger partial charge on any atom is -0.366 e. The van der Waals surface area contributed by atoms with E-state index in [9.17, 15) is 14.5 Å². The predicted octanol–water partition coefficient (Wildman–Crippen LogP) is 1.94. The van der Waals surface area contributed by atoms with Gasteiger partial charge in [-0.2, -0.15) is 4.39 Å². The van der Waals surface area contributed by atoms with Crippen molar-refractivity contribution in [3.05, 3.63) is 34.1 Å². The van der Waals surface area contributed by atoms with Gasteiger partial charge in [0, 0.05) is 13.1 Å². The zero-order valence-corrected chi connectivity index (χ0v) is 7.44. The quantitative estimate of drug-likeness (QED) is 0.536. The fourth-order valence-corrected chi connectivity index (χ4v) is 1.50. The van der Waals surface area contributed by atoms with Crippen LogP contribution < -0.4 is 4.90 Å². The fraction of sp³-hybridized carbons (Fsp3) is 0.333. The van der Waals surface area contributed by atoms with Gasteiger partial charge in [0.15, 0.2) is 0 Å². The highest BCUT2D eigenvalue weighted by Gasteiger charge is 2.26. The molecule has 74 valence electrons. The molecule has 1 aromatic carbocycles. The summed E-state index contributed by atoms with van der Waals surface area (Å²) in [7, 11) is 0. The van der Waals surface area contributed by atoms with Gasteiger partial charge in [-0.15, -0.1) is 0 Å². The molecule has 1 aromatic rings. The fourth-order valence-electron chi connectivity index (χ4n) is 1.50. The summed E-state index contributed by atoms with van der Waals surface area (Å²) in [6.45, 7) is 1.54. The van der Waals surface area contributed by atoms with Gasteiger partial charge in [-0.05, 0) is 18.6 Å². The van der Waals surface area contributed by atoms with Gasteiger partial charge in [-0.3, -0.25) is 10.1 Å². The molecule has 14 heavy (non-hydrogen) atoms. The summed E-state index contributed by atoms with van der Waals surface area (Å²) in [6.07, 6.45) is 1.01. The standard InChI is InChI=1S/C9H9FN2O2/c10-7-3-1-4-8(9(7)12(13)14)11-5-2-6-11/h1,3-4H,2,5-6H2. The summed E-state index contributed by atoms with van der Waals surface area (Å²) in [5.74, 6) is -0.764. The van der Waals surface area contributed by atoms with Crippen molar-refractivity contribution in [1.82, 2.24) is 0 Å². The molecule has 0 aliphatic carbocycles. The molecule has 0 saturated carbocycles. The monoisotopic (exact) mass is 196 g/mol. The Morgan fingerprint density at radius 1 is 1.43 bits per heavy atom. The van der Waals surface area contributed by atoms with Gasteiger partial charge in [0.2, 0.25) is 5.82 Å². The highest BCUT2D eigenvalue weighted by molar-refractivity contribution is 5.64. The van der Waals surface area contributed by atoms with Crippen LogP contribution in [0.3, 0.4) is 0 Å². The summed E-state index contributed by atoms with van der Waals surface area (Å²) in [5.41, 5.74) is -0.0200. The van der Waals surface area contributed by atoms with Crippen molar-refractivity contribution < 1.29 is 9.31 Å². The van der Waals surface area contributed by atoms with Crippen LogP contribution in [0, 0.1) is 15.9 Å². The number of nitrogens with zero attached hydrogens (tertiary/aromatic N) is 2. The van der Waals surface area contributed by atoms with E-state index in [-0.39, 0.29) is 0 Å². The lowest BCUT2D eigenvalue weighted by Gasteiger charge is -2.32. The molecule has 0 amide bonds.